The molecule has 1 aliphatic rings. The van der Waals surface area contributed by atoms with E-state index < -0.39 is 0 Å². The molecular weight excluding hydrogens is 232 g/mol. The lowest BCUT2D eigenvalue weighted by atomic mass is 10.0. The van der Waals surface area contributed by atoms with Gasteiger partial charge in [-0.3, -0.25) is 9.67 Å². The highest BCUT2D eigenvalue weighted by atomic mass is 32.2. The van der Waals surface area contributed by atoms with Gasteiger partial charge in [0, 0.05) is 30.1 Å². The summed E-state index contributed by atoms with van der Waals surface area (Å²) in [5.41, 5.74) is 2.44. The second kappa shape index (κ2) is 4.72. The van der Waals surface area contributed by atoms with Crippen molar-refractivity contribution in [3.63, 3.8) is 0 Å². The summed E-state index contributed by atoms with van der Waals surface area (Å²) in [7, 11) is 1.94. The van der Waals surface area contributed by atoms with E-state index in [2.05, 4.69) is 29.3 Å². The molecule has 1 aromatic heterocycles. The number of nitrogens with one attached hydrogen (secondary N) is 1. The zero-order valence-electron chi connectivity index (χ0n) is 10.9. The number of aryl methyl sites for hydroxylation is 2. The first-order chi connectivity index (χ1) is 7.96. The molecule has 2 rings (SSSR count). The quantitative estimate of drug-likeness (QED) is 0.876. The fourth-order valence-corrected chi connectivity index (χ4v) is 3.15. The Bertz CT molecular complexity index is 434. The van der Waals surface area contributed by atoms with Crippen molar-refractivity contribution in [2.24, 2.45) is 12.0 Å². The summed E-state index contributed by atoms with van der Waals surface area (Å²) < 4.78 is 1.84. The molecule has 1 aliphatic heterocycles. The Morgan fingerprint density at radius 2 is 2.35 bits per heavy atom. The zero-order chi connectivity index (χ0) is 12.5. The van der Waals surface area contributed by atoms with Crippen LogP contribution in [0.3, 0.4) is 0 Å². The van der Waals surface area contributed by atoms with Gasteiger partial charge in [-0.15, -0.1) is 0 Å². The minimum atomic E-state index is 0.175. The summed E-state index contributed by atoms with van der Waals surface area (Å²) in [5, 5.41) is 8.86. The normalized spacial score (nSPS) is 21.5. The number of thioether (sulfide) groups is 1. The maximum Gasteiger partial charge on any atom is 0.157 e. The maximum atomic E-state index is 4.64. The van der Waals surface area contributed by atoms with Crippen molar-refractivity contribution in [3.8, 4) is 0 Å². The number of amidine groups is 1. The van der Waals surface area contributed by atoms with Gasteiger partial charge in [0.2, 0.25) is 0 Å². The van der Waals surface area contributed by atoms with Gasteiger partial charge < -0.3 is 5.32 Å². The van der Waals surface area contributed by atoms with E-state index in [0.717, 1.165) is 16.6 Å². The molecule has 0 aliphatic carbocycles. The number of nitrogens with zero attached hydrogens (tertiary/aromatic N) is 3. The number of aromatic nitrogens is 2. The molecule has 0 unspecified atom stereocenters. The van der Waals surface area contributed by atoms with Gasteiger partial charge in [-0.25, -0.2) is 0 Å². The first kappa shape index (κ1) is 12.5. The molecule has 1 aromatic rings. The van der Waals surface area contributed by atoms with E-state index in [1.165, 1.54) is 12.0 Å². The first-order valence-corrected chi connectivity index (χ1v) is 6.89. The molecule has 0 bridgehead atoms. The predicted molar refractivity (Wildman–Crippen MR) is 73.4 cm³/mol. The van der Waals surface area contributed by atoms with Crippen LogP contribution in [0.15, 0.2) is 11.2 Å². The largest absolute Gasteiger partial charge is 0.360 e. The van der Waals surface area contributed by atoms with Gasteiger partial charge in [-0.2, -0.15) is 5.10 Å². The Morgan fingerprint density at radius 3 is 2.94 bits per heavy atom. The van der Waals surface area contributed by atoms with Crippen LogP contribution >= 0.6 is 11.8 Å². The molecule has 0 aromatic carbocycles. The van der Waals surface area contributed by atoms with Gasteiger partial charge in [0.25, 0.3) is 0 Å². The van der Waals surface area contributed by atoms with Crippen molar-refractivity contribution in [3.05, 3.63) is 17.5 Å². The van der Waals surface area contributed by atoms with Crippen molar-refractivity contribution in [1.82, 2.24) is 15.1 Å². The summed E-state index contributed by atoms with van der Waals surface area (Å²) in [4.78, 5) is 4.64. The van der Waals surface area contributed by atoms with Crippen LogP contribution in [0.5, 0.6) is 0 Å². The molecule has 1 saturated heterocycles. The molecule has 1 fully saturated rings. The summed E-state index contributed by atoms with van der Waals surface area (Å²) in [6, 6.07) is 0. The molecule has 5 heteroatoms. The standard InChI is InChI=1S/C12H20N4S/c1-9-10(8-16(4)15-9)7-13-11-14-12(2,3)5-6-17-11/h8H,5-7H2,1-4H3,(H,13,14). The highest BCUT2D eigenvalue weighted by Crippen LogP contribution is 2.22. The van der Waals surface area contributed by atoms with Crippen molar-refractivity contribution < 1.29 is 0 Å². The molecule has 0 atom stereocenters. The van der Waals surface area contributed by atoms with E-state index >= 15 is 0 Å². The number of hydrogen-bond acceptors (Lipinski definition) is 3. The van der Waals surface area contributed by atoms with Crippen LogP contribution in [0.4, 0.5) is 0 Å². The Kier molecular flexibility index (Phi) is 3.47. The van der Waals surface area contributed by atoms with Gasteiger partial charge in [-0.1, -0.05) is 11.8 Å². The summed E-state index contributed by atoms with van der Waals surface area (Å²) in [5.74, 6) is 1.14. The zero-order valence-corrected chi connectivity index (χ0v) is 11.8. The Morgan fingerprint density at radius 1 is 1.59 bits per heavy atom. The molecule has 4 nitrogen and oxygen atoms in total. The molecule has 94 valence electrons. The van der Waals surface area contributed by atoms with Crippen LogP contribution in [-0.4, -0.2) is 26.2 Å². The molecule has 17 heavy (non-hydrogen) atoms. The topological polar surface area (TPSA) is 42.2 Å². The number of aliphatic imine (C=N–C) groups is 1. The van der Waals surface area contributed by atoms with Crippen LogP contribution in [0.2, 0.25) is 0 Å². The molecule has 0 spiro atoms. The second-order valence-electron chi connectivity index (χ2n) is 5.14. The second-order valence-corrected chi connectivity index (χ2v) is 6.23. The van der Waals surface area contributed by atoms with Crippen molar-refractivity contribution >= 4 is 16.9 Å². The van der Waals surface area contributed by atoms with E-state index in [9.17, 15) is 0 Å². The predicted octanol–water partition coefficient (Wildman–Crippen LogP) is 2.09. The van der Waals surface area contributed by atoms with E-state index in [1.807, 2.05) is 36.6 Å². The summed E-state index contributed by atoms with van der Waals surface area (Å²) in [6.07, 6.45) is 3.22. The van der Waals surface area contributed by atoms with Crippen LogP contribution in [0.25, 0.3) is 0 Å². The third kappa shape index (κ3) is 3.25. The van der Waals surface area contributed by atoms with Crippen LogP contribution in [0.1, 0.15) is 31.5 Å². The molecule has 0 radical (unpaired) electrons. The fraction of sp³-hybridized carbons (Fsp3) is 0.667. The van der Waals surface area contributed by atoms with Crippen LogP contribution in [0, 0.1) is 6.92 Å². The number of hydrogen-bond donors (Lipinski definition) is 1. The number of rotatable bonds is 2. The molecule has 2 heterocycles. The third-order valence-electron chi connectivity index (χ3n) is 2.92. The summed E-state index contributed by atoms with van der Waals surface area (Å²) in [6.45, 7) is 7.18. The fourth-order valence-electron chi connectivity index (χ4n) is 1.84. The first-order valence-electron chi connectivity index (χ1n) is 5.91. The Balaban J connectivity index is 2.03. The summed E-state index contributed by atoms with van der Waals surface area (Å²) >= 11 is 1.81. The molecular formula is C12H20N4S. The lowest BCUT2D eigenvalue weighted by Gasteiger charge is -2.32. The van der Waals surface area contributed by atoms with E-state index in [-0.39, 0.29) is 5.54 Å². The average molecular weight is 252 g/mol. The molecule has 1 N–H and O–H groups in total. The van der Waals surface area contributed by atoms with Gasteiger partial charge in [-0.05, 0) is 27.2 Å². The van der Waals surface area contributed by atoms with Gasteiger partial charge in [0.1, 0.15) is 0 Å². The monoisotopic (exact) mass is 252 g/mol. The van der Waals surface area contributed by atoms with Gasteiger partial charge >= 0.3 is 0 Å². The van der Waals surface area contributed by atoms with Crippen molar-refractivity contribution in [1.29, 1.82) is 0 Å². The average Bonchev–Trinajstić information content (AvgIpc) is 2.53. The van der Waals surface area contributed by atoms with Crippen LogP contribution in [-0.2, 0) is 13.6 Å². The van der Waals surface area contributed by atoms with E-state index in [4.69, 9.17) is 0 Å². The van der Waals surface area contributed by atoms with Crippen LogP contribution < -0.4 is 5.32 Å². The van der Waals surface area contributed by atoms with Crippen molar-refractivity contribution in [2.45, 2.75) is 39.3 Å². The molecule has 0 amide bonds. The minimum Gasteiger partial charge on any atom is -0.360 e. The van der Waals surface area contributed by atoms with Crippen molar-refractivity contribution in [2.75, 3.05) is 5.75 Å². The Hall–Kier alpha value is -0.970. The highest BCUT2D eigenvalue weighted by molar-refractivity contribution is 8.13. The van der Waals surface area contributed by atoms with Gasteiger partial charge in [0.05, 0.1) is 12.2 Å². The van der Waals surface area contributed by atoms with E-state index in [0.29, 0.717) is 6.54 Å². The Labute approximate surface area is 107 Å². The molecule has 0 saturated carbocycles. The van der Waals surface area contributed by atoms with E-state index in [1.54, 1.807) is 0 Å². The smallest absolute Gasteiger partial charge is 0.157 e. The lowest BCUT2D eigenvalue weighted by Crippen LogP contribution is -2.46. The minimum absolute atomic E-state index is 0.175. The lowest BCUT2D eigenvalue weighted by molar-refractivity contribution is 0.446. The van der Waals surface area contributed by atoms with Gasteiger partial charge in [0.15, 0.2) is 5.17 Å². The SMILES string of the molecule is Cc1nn(C)cc1CN=C1NC(C)(C)CCS1. The highest BCUT2D eigenvalue weighted by Gasteiger charge is 2.24. The third-order valence-corrected chi connectivity index (χ3v) is 3.83. The maximum absolute atomic E-state index is 4.64.